The summed E-state index contributed by atoms with van der Waals surface area (Å²) in [7, 11) is 3.23. The summed E-state index contributed by atoms with van der Waals surface area (Å²) in [6, 6.07) is 11.9. The lowest BCUT2D eigenvalue weighted by Gasteiger charge is -2.22. The van der Waals surface area contributed by atoms with E-state index in [-0.39, 0.29) is 5.91 Å². The van der Waals surface area contributed by atoms with E-state index in [9.17, 15) is 4.79 Å². The molecule has 0 radical (unpaired) electrons. The van der Waals surface area contributed by atoms with E-state index in [1.807, 2.05) is 30.3 Å². The van der Waals surface area contributed by atoms with Gasteiger partial charge in [0.25, 0.3) is 5.91 Å². The standard InChI is InChI=1S/C23H29NO4/c1-16(28-20-10-6-8-18-7-4-5-9-19(18)20)23(25)24-14-13-17-11-12-21(26-2)22(15-17)27-3/h6,8,10-12,15-16H,4-5,7,9,13-14H2,1-3H3,(H,24,25)/t16-/m1/s1. The highest BCUT2D eigenvalue weighted by molar-refractivity contribution is 5.80. The number of ether oxygens (including phenoxy) is 3. The molecule has 5 heteroatoms. The molecule has 0 aromatic heterocycles. The van der Waals surface area contributed by atoms with Gasteiger partial charge in [-0.15, -0.1) is 0 Å². The Hall–Kier alpha value is -2.69. The molecule has 3 rings (SSSR count). The van der Waals surface area contributed by atoms with Crippen LogP contribution in [0.5, 0.6) is 17.2 Å². The van der Waals surface area contributed by atoms with Crippen LogP contribution in [-0.2, 0) is 24.1 Å². The van der Waals surface area contributed by atoms with Crippen molar-refractivity contribution < 1.29 is 19.0 Å². The summed E-state index contributed by atoms with van der Waals surface area (Å²) < 4.78 is 16.6. The lowest BCUT2D eigenvalue weighted by atomic mass is 9.91. The minimum Gasteiger partial charge on any atom is -0.493 e. The number of hydrogen-bond acceptors (Lipinski definition) is 4. The molecule has 0 bridgehead atoms. The van der Waals surface area contributed by atoms with Gasteiger partial charge in [0, 0.05) is 6.54 Å². The molecule has 1 aliphatic rings. The van der Waals surface area contributed by atoms with Crippen molar-refractivity contribution in [3.8, 4) is 17.2 Å². The fourth-order valence-corrected chi connectivity index (χ4v) is 3.61. The molecule has 0 aliphatic heterocycles. The summed E-state index contributed by atoms with van der Waals surface area (Å²) in [5.74, 6) is 2.13. The van der Waals surface area contributed by atoms with Crippen LogP contribution in [-0.4, -0.2) is 32.8 Å². The molecule has 1 amide bonds. The summed E-state index contributed by atoms with van der Waals surface area (Å²) in [4.78, 5) is 12.4. The molecule has 0 unspecified atom stereocenters. The van der Waals surface area contributed by atoms with E-state index >= 15 is 0 Å². The van der Waals surface area contributed by atoms with Crippen molar-refractivity contribution in [2.24, 2.45) is 0 Å². The average Bonchev–Trinajstić information content (AvgIpc) is 2.73. The van der Waals surface area contributed by atoms with Crippen molar-refractivity contribution in [3.05, 3.63) is 53.1 Å². The number of aryl methyl sites for hydroxylation is 1. The van der Waals surface area contributed by atoms with Crippen molar-refractivity contribution in [3.63, 3.8) is 0 Å². The molecule has 0 fully saturated rings. The smallest absolute Gasteiger partial charge is 0.260 e. The molecule has 0 saturated heterocycles. The predicted molar refractivity (Wildman–Crippen MR) is 109 cm³/mol. The Kier molecular flexibility index (Phi) is 6.80. The Morgan fingerprint density at radius 1 is 1.04 bits per heavy atom. The second-order valence-electron chi connectivity index (χ2n) is 7.09. The first kappa shape index (κ1) is 20.1. The highest BCUT2D eigenvalue weighted by atomic mass is 16.5. The quantitative estimate of drug-likeness (QED) is 0.755. The zero-order valence-corrected chi connectivity index (χ0v) is 16.9. The second-order valence-corrected chi connectivity index (χ2v) is 7.09. The zero-order chi connectivity index (χ0) is 19.9. The van der Waals surface area contributed by atoms with Crippen molar-refractivity contribution in [2.75, 3.05) is 20.8 Å². The van der Waals surface area contributed by atoms with E-state index < -0.39 is 6.10 Å². The SMILES string of the molecule is COc1ccc(CCNC(=O)[C@@H](C)Oc2cccc3c2CCCC3)cc1OC. The second kappa shape index (κ2) is 9.49. The highest BCUT2D eigenvalue weighted by Crippen LogP contribution is 2.30. The average molecular weight is 383 g/mol. The van der Waals surface area contributed by atoms with Crippen molar-refractivity contribution in [1.82, 2.24) is 5.32 Å². The number of carbonyl (C=O) groups excluding carboxylic acids is 1. The van der Waals surface area contributed by atoms with E-state index in [4.69, 9.17) is 14.2 Å². The van der Waals surface area contributed by atoms with Gasteiger partial charge in [0.1, 0.15) is 5.75 Å². The maximum atomic E-state index is 12.4. The van der Waals surface area contributed by atoms with Crippen LogP contribution in [0.3, 0.4) is 0 Å². The van der Waals surface area contributed by atoms with Crippen molar-refractivity contribution in [2.45, 2.75) is 45.1 Å². The fraction of sp³-hybridized carbons (Fsp3) is 0.435. The number of fused-ring (bicyclic) bond motifs is 1. The van der Waals surface area contributed by atoms with Gasteiger partial charge in [-0.3, -0.25) is 4.79 Å². The van der Waals surface area contributed by atoms with Gasteiger partial charge in [0.15, 0.2) is 17.6 Å². The van der Waals surface area contributed by atoms with E-state index in [0.29, 0.717) is 24.5 Å². The Balaban J connectivity index is 1.53. The van der Waals surface area contributed by atoms with Gasteiger partial charge < -0.3 is 19.5 Å². The van der Waals surface area contributed by atoms with Crippen molar-refractivity contribution >= 4 is 5.91 Å². The molecule has 28 heavy (non-hydrogen) atoms. The lowest BCUT2D eigenvalue weighted by molar-refractivity contribution is -0.127. The molecule has 0 saturated carbocycles. The minimum atomic E-state index is -0.529. The van der Waals surface area contributed by atoms with Crippen LogP contribution in [0.25, 0.3) is 0 Å². The van der Waals surface area contributed by atoms with Gasteiger partial charge in [-0.05, 0) is 73.9 Å². The van der Waals surface area contributed by atoms with Gasteiger partial charge >= 0.3 is 0 Å². The van der Waals surface area contributed by atoms with E-state index in [0.717, 1.165) is 24.2 Å². The van der Waals surface area contributed by atoms with Crippen molar-refractivity contribution in [1.29, 1.82) is 0 Å². The first-order chi connectivity index (χ1) is 13.6. The molecule has 150 valence electrons. The topological polar surface area (TPSA) is 56.8 Å². The normalized spacial score (nSPS) is 14.0. The van der Waals surface area contributed by atoms with Crippen LogP contribution in [0.4, 0.5) is 0 Å². The van der Waals surface area contributed by atoms with Crippen LogP contribution in [0.15, 0.2) is 36.4 Å². The largest absolute Gasteiger partial charge is 0.493 e. The molecule has 1 atom stereocenters. The molecule has 2 aromatic carbocycles. The fourth-order valence-electron chi connectivity index (χ4n) is 3.61. The number of amides is 1. The number of benzene rings is 2. The summed E-state index contributed by atoms with van der Waals surface area (Å²) in [6.45, 7) is 2.34. The number of carbonyl (C=O) groups is 1. The first-order valence-electron chi connectivity index (χ1n) is 9.88. The summed E-state index contributed by atoms with van der Waals surface area (Å²) >= 11 is 0. The summed E-state index contributed by atoms with van der Waals surface area (Å²) in [6.07, 6.45) is 4.71. The number of nitrogens with one attached hydrogen (secondary N) is 1. The van der Waals surface area contributed by atoms with Gasteiger partial charge in [-0.1, -0.05) is 18.2 Å². The molecule has 1 aliphatic carbocycles. The maximum Gasteiger partial charge on any atom is 0.260 e. The Bertz CT molecular complexity index is 818. The van der Waals surface area contributed by atoms with Gasteiger partial charge in [-0.25, -0.2) is 0 Å². The zero-order valence-electron chi connectivity index (χ0n) is 16.9. The third-order valence-corrected chi connectivity index (χ3v) is 5.19. The molecule has 5 nitrogen and oxygen atoms in total. The van der Waals surface area contributed by atoms with Gasteiger partial charge in [-0.2, -0.15) is 0 Å². The van der Waals surface area contributed by atoms with Gasteiger partial charge in [0.05, 0.1) is 14.2 Å². The maximum absolute atomic E-state index is 12.4. The monoisotopic (exact) mass is 383 g/mol. The summed E-state index contributed by atoms with van der Waals surface area (Å²) in [5.41, 5.74) is 3.69. The van der Waals surface area contributed by atoms with Crippen LogP contribution < -0.4 is 19.5 Å². The number of rotatable bonds is 8. The van der Waals surface area contributed by atoms with E-state index in [1.165, 1.54) is 24.0 Å². The first-order valence-corrected chi connectivity index (χ1v) is 9.88. The van der Waals surface area contributed by atoms with Crippen LogP contribution in [0, 0.1) is 0 Å². The molecular formula is C23H29NO4. The Morgan fingerprint density at radius 2 is 1.82 bits per heavy atom. The molecule has 1 N–H and O–H groups in total. The third kappa shape index (κ3) is 4.77. The minimum absolute atomic E-state index is 0.103. The molecule has 0 spiro atoms. The molecule has 0 heterocycles. The van der Waals surface area contributed by atoms with Crippen LogP contribution >= 0.6 is 0 Å². The molecular weight excluding hydrogens is 354 g/mol. The summed E-state index contributed by atoms with van der Waals surface area (Å²) in [5, 5.41) is 2.96. The predicted octanol–water partition coefficient (Wildman–Crippen LogP) is 3.71. The van der Waals surface area contributed by atoms with Gasteiger partial charge in [0.2, 0.25) is 0 Å². The Morgan fingerprint density at radius 3 is 2.61 bits per heavy atom. The lowest BCUT2D eigenvalue weighted by Crippen LogP contribution is -2.37. The number of methoxy groups -OCH3 is 2. The third-order valence-electron chi connectivity index (χ3n) is 5.19. The van der Waals surface area contributed by atoms with E-state index in [2.05, 4.69) is 11.4 Å². The van der Waals surface area contributed by atoms with E-state index in [1.54, 1.807) is 21.1 Å². The molecule has 2 aromatic rings. The highest BCUT2D eigenvalue weighted by Gasteiger charge is 2.19. The Labute approximate surface area is 167 Å². The number of hydrogen-bond donors (Lipinski definition) is 1. The van der Waals surface area contributed by atoms with Crippen LogP contribution in [0.1, 0.15) is 36.5 Å². The van der Waals surface area contributed by atoms with Crippen LogP contribution in [0.2, 0.25) is 0 Å².